The molecule has 142 valence electrons. The van der Waals surface area contributed by atoms with E-state index in [4.69, 9.17) is 25.8 Å². The van der Waals surface area contributed by atoms with Crippen LogP contribution in [-0.4, -0.2) is 32.7 Å². The molecule has 1 amide bonds. The van der Waals surface area contributed by atoms with Crippen molar-refractivity contribution in [1.29, 1.82) is 0 Å². The maximum atomic E-state index is 13.0. The SMILES string of the molecule is COc1cccc(/C=C/C(=O)OCC(=O)Nc2ccc(F)cc2Cl)c1OC. The van der Waals surface area contributed by atoms with E-state index >= 15 is 0 Å². The number of methoxy groups -OCH3 is 2. The minimum absolute atomic E-state index is 0.0414. The van der Waals surface area contributed by atoms with Crippen LogP contribution in [0.25, 0.3) is 6.08 Å². The molecule has 0 atom stereocenters. The molecule has 0 spiro atoms. The van der Waals surface area contributed by atoms with Crippen LogP contribution in [-0.2, 0) is 14.3 Å². The summed E-state index contributed by atoms with van der Waals surface area (Å²) in [6, 6.07) is 8.72. The van der Waals surface area contributed by atoms with Crippen molar-refractivity contribution in [3.05, 3.63) is 58.9 Å². The second kappa shape index (κ2) is 9.59. The number of nitrogens with one attached hydrogen (secondary N) is 1. The third kappa shape index (κ3) is 5.72. The van der Waals surface area contributed by atoms with Gasteiger partial charge in [-0.1, -0.05) is 23.7 Å². The zero-order valence-electron chi connectivity index (χ0n) is 14.6. The van der Waals surface area contributed by atoms with E-state index in [1.165, 1.54) is 26.4 Å². The maximum Gasteiger partial charge on any atom is 0.331 e. The van der Waals surface area contributed by atoms with E-state index in [9.17, 15) is 14.0 Å². The molecule has 2 aromatic rings. The summed E-state index contributed by atoms with van der Waals surface area (Å²) in [5.74, 6) is -0.872. The van der Waals surface area contributed by atoms with Crippen LogP contribution in [0.3, 0.4) is 0 Å². The van der Waals surface area contributed by atoms with Crippen molar-refractivity contribution in [2.75, 3.05) is 26.1 Å². The lowest BCUT2D eigenvalue weighted by molar-refractivity contribution is -0.142. The number of amides is 1. The average molecular weight is 394 g/mol. The van der Waals surface area contributed by atoms with Gasteiger partial charge in [0.2, 0.25) is 0 Å². The Bertz CT molecular complexity index is 869. The van der Waals surface area contributed by atoms with Crippen LogP contribution in [0.4, 0.5) is 10.1 Å². The minimum Gasteiger partial charge on any atom is -0.493 e. The van der Waals surface area contributed by atoms with Crippen molar-refractivity contribution >= 4 is 35.2 Å². The van der Waals surface area contributed by atoms with Gasteiger partial charge >= 0.3 is 5.97 Å². The van der Waals surface area contributed by atoms with Gasteiger partial charge in [0.25, 0.3) is 5.91 Å². The standard InChI is InChI=1S/C19H17ClFNO5/c1-25-16-5-3-4-12(19(16)26-2)6-9-18(24)27-11-17(23)22-15-8-7-13(21)10-14(15)20/h3-10H,11H2,1-2H3,(H,22,23)/b9-6+. The van der Waals surface area contributed by atoms with Gasteiger partial charge in [0.1, 0.15) is 5.82 Å². The maximum absolute atomic E-state index is 13.0. The summed E-state index contributed by atoms with van der Waals surface area (Å²) in [6.07, 6.45) is 2.65. The number of hydrogen-bond acceptors (Lipinski definition) is 5. The number of anilines is 1. The zero-order chi connectivity index (χ0) is 19.8. The lowest BCUT2D eigenvalue weighted by atomic mass is 10.1. The molecule has 0 aliphatic heterocycles. The van der Waals surface area contributed by atoms with Crippen LogP contribution in [0.2, 0.25) is 5.02 Å². The minimum atomic E-state index is -0.722. The van der Waals surface area contributed by atoms with Crippen molar-refractivity contribution in [3.8, 4) is 11.5 Å². The van der Waals surface area contributed by atoms with E-state index in [1.807, 2.05) is 0 Å². The molecule has 6 nitrogen and oxygen atoms in total. The molecule has 8 heteroatoms. The Hall–Kier alpha value is -3.06. The summed E-state index contributed by atoms with van der Waals surface area (Å²) in [5, 5.41) is 2.47. The van der Waals surface area contributed by atoms with Crippen molar-refractivity contribution in [2.45, 2.75) is 0 Å². The molecule has 0 aliphatic rings. The zero-order valence-corrected chi connectivity index (χ0v) is 15.4. The molecule has 0 saturated carbocycles. The summed E-state index contributed by atoms with van der Waals surface area (Å²) >= 11 is 5.81. The highest BCUT2D eigenvalue weighted by atomic mass is 35.5. The predicted octanol–water partition coefficient (Wildman–Crippen LogP) is 3.69. The fourth-order valence-electron chi connectivity index (χ4n) is 2.16. The second-order valence-corrected chi connectivity index (χ2v) is 5.60. The second-order valence-electron chi connectivity index (χ2n) is 5.20. The highest BCUT2D eigenvalue weighted by Crippen LogP contribution is 2.31. The fourth-order valence-corrected chi connectivity index (χ4v) is 2.38. The van der Waals surface area contributed by atoms with Crippen molar-refractivity contribution in [3.63, 3.8) is 0 Å². The van der Waals surface area contributed by atoms with Gasteiger partial charge < -0.3 is 19.5 Å². The van der Waals surface area contributed by atoms with Crippen LogP contribution in [0, 0.1) is 5.82 Å². The number of benzene rings is 2. The third-order valence-corrected chi connectivity index (χ3v) is 3.70. The van der Waals surface area contributed by atoms with Gasteiger partial charge in [-0.2, -0.15) is 0 Å². The van der Waals surface area contributed by atoms with Gasteiger partial charge in [-0.25, -0.2) is 9.18 Å². The number of esters is 1. The first-order valence-electron chi connectivity index (χ1n) is 7.75. The lowest BCUT2D eigenvalue weighted by Crippen LogP contribution is -2.20. The molecule has 0 unspecified atom stereocenters. The molecule has 1 N–H and O–H groups in total. The highest BCUT2D eigenvalue weighted by molar-refractivity contribution is 6.33. The molecule has 0 aromatic heterocycles. The Morgan fingerprint density at radius 2 is 1.96 bits per heavy atom. The first-order chi connectivity index (χ1) is 12.9. The lowest BCUT2D eigenvalue weighted by Gasteiger charge is -2.09. The Kier molecular flexibility index (Phi) is 7.19. The molecular formula is C19H17ClFNO5. The largest absolute Gasteiger partial charge is 0.493 e. The molecule has 2 aromatic carbocycles. The Balaban J connectivity index is 1.92. The Labute approximate surface area is 160 Å². The first-order valence-corrected chi connectivity index (χ1v) is 8.13. The van der Waals surface area contributed by atoms with Gasteiger partial charge in [-0.05, 0) is 30.3 Å². The summed E-state index contributed by atoms with van der Waals surface area (Å²) in [4.78, 5) is 23.6. The van der Waals surface area contributed by atoms with Gasteiger partial charge in [0.15, 0.2) is 18.1 Å². The molecule has 27 heavy (non-hydrogen) atoms. The Morgan fingerprint density at radius 3 is 2.63 bits per heavy atom. The average Bonchev–Trinajstić information content (AvgIpc) is 2.66. The van der Waals surface area contributed by atoms with Gasteiger partial charge in [0.05, 0.1) is 24.9 Å². The molecular weight excluding hydrogens is 377 g/mol. The first kappa shape index (κ1) is 20.3. The van der Waals surface area contributed by atoms with Crippen molar-refractivity contribution in [1.82, 2.24) is 0 Å². The molecule has 0 bridgehead atoms. The predicted molar refractivity (Wildman–Crippen MR) is 99.6 cm³/mol. The number of hydrogen-bond donors (Lipinski definition) is 1. The summed E-state index contributed by atoms with van der Waals surface area (Å²) < 4.78 is 28.3. The summed E-state index contributed by atoms with van der Waals surface area (Å²) in [5.41, 5.74) is 0.826. The van der Waals surface area contributed by atoms with Crippen LogP contribution in [0.1, 0.15) is 5.56 Å². The normalized spacial score (nSPS) is 10.5. The van der Waals surface area contributed by atoms with E-state index in [2.05, 4.69) is 5.32 Å². The van der Waals surface area contributed by atoms with Crippen molar-refractivity contribution < 1.29 is 28.2 Å². The van der Waals surface area contributed by atoms with E-state index in [0.717, 1.165) is 18.2 Å². The fraction of sp³-hybridized carbons (Fsp3) is 0.158. The van der Waals surface area contributed by atoms with Gasteiger partial charge in [-0.3, -0.25) is 4.79 Å². The van der Waals surface area contributed by atoms with E-state index in [-0.39, 0.29) is 10.7 Å². The van der Waals surface area contributed by atoms with E-state index in [0.29, 0.717) is 17.1 Å². The number of rotatable bonds is 7. The number of para-hydroxylation sites is 1. The molecule has 0 heterocycles. The van der Waals surface area contributed by atoms with Gasteiger partial charge in [0, 0.05) is 11.6 Å². The molecule has 0 saturated heterocycles. The molecule has 0 fully saturated rings. The van der Waals surface area contributed by atoms with Crippen molar-refractivity contribution in [2.24, 2.45) is 0 Å². The van der Waals surface area contributed by atoms with Crippen LogP contribution in [0.5, 0.6) is 11.5 Å². The Morgan fingerprint density at radius 1 is 1.19 bits per heavy atom. The van der Waals surface area contributed by atoms with Crippen LogP contribution < -0.4 is 14.8 Å². The number of ether oxygens (including phenoxy) is 3. The quantitative estimate of drug-likeness (QED) is 0.573. The van der Waals surface area contributed by atoms with E-state index in [1.54, 1.807) is 18.2 Å². The summed E-state index contributed by atoms with van der Waals surface area (Å²) in [6.45, 7) is -0.522. The van der Waals surface area contributed by atoms with Crippen LogP contribution >= 0.6 is 11.6 Å². The van der Waals surface area contributed by atoms with Crippen LogP contribution in [0.15, 0.2) is 42.5 Å². The third-order valence-electron chi connectivity index (χ3n) is 3.38. The molecule has 0 aliphatic carbocycles. The highest BCUT2D eigenvalue weighted by Gasteiger charge is 2.10. The topological polar surface area (TPSA) is 73.9 Å². The van der Waals surface area contributed by atoms with E-state index < -0.39 is 24.3 Å². The number of halogens is 2. The molecule has 2 rings (SSSR count). The monoisotopic (exact) mass is 393 g/mol. The molecule has 0 radical (unpaired) electrons. The van der Waals surface area contributed by atoms with Gasteiger partial charge in [-0.15, -0.1) is 0 Å². The number of carbonyl (C=O) groups excluding carboxylic acids is 2. The smallest absolute Gasteiger partial charge is 0.331 e. The number of carbonyl (C=O) groups is 2. The summed E-state index contributed by atoms with van der Waals surface area (Å²) in [7, 11) is 2.99.